The van der Waals surface area contributed by atoms with E-state index in [4.69, 9.17) is 14.6 Å². The van der Waals surface area contributed by atoms with Crippen LogP contribution in [-0.2, 0) is 9.47 Å². The molecule has 2 heterocycles. The summed E-state index contributed by atoms with van der Waals surface area (Å²) in [6, 6.07) is 2.85. The number of amides is 1. The molecule has 7 heteroatoms. The van der Waals surface area contributed by atoms with E-state index in [1.165, 1.54) is 23.2 Å². The number of hydrogen-bond acceptors (Lipinski definition) is 5. The molecule has 0 aliphatic carbocycles. The second-order valence-corrected chi connectivity index (χ2v) is 4.46. The zero-order valence-electron chi connectivity index (χ0n) is 11.3. The van der Waals surface area contributed by atoms with Crippen molar-refractivity contribution >= 4 is 11.9 Å². The van der Waals surface area contributed by atoms with Crippen molar-refractivity contribution in [3.05, 3.63) is 29.6 Å². The lowest BCUT2D eigenvalue weighted by Gasteiger charge is -2.16. The lowest BCUT2D eigenvalue weighted by atomic mass is 10.2. The predicted octanol–water partition coefficient (Wildman–Crippen LogP) is 0.266. The van der Waals surface area contributed by atoms with Crippen molar-refractivity contribution < 1.29 is 24.2 Å². The number of methoxy groups -OCH3 is 2. The summed E-state index contributed by atoms with van der Waals surface area (Å²) in [5.74, 6) is -1.60. The Bertz CT molecular complexity index is 507. The van der Waals surface area contributed by atoms with E-state index in [9.17, 15) is 9.59 Å². The summed E-state index contributed by atoms with van der Waals surface area (Å²) in [7, 11) is 3.10. The zero-order chi connectivity index (χ0) is 14.7. The van der Waals surface area contributed by atoms with Crippen molar-refractivity contribution in [2.24, 2.45) is 0 Å². The molecule has 1 aromatic heterocycles. The van der Waals surface area contributed by atoms with Crippen LogP contribution in [-0.4, -0.2) is 66.4 Å². The third-order valence-corrected chi connectivity index (χ3v) is 3.35. The number of carboxylic acid groups (broad SMARTS) is 1. The van der Waals surface area contributed by atoms with Crippen LogP contribution in [0.2, 0.25) is 0 Å². The number of pyridine rings is 1. The molecule has 2 atom stereocenters. The van der Waals surface area contributed by atoms with Crippen molar-refractivity contribution in [1.29, 1.82) is 0 Å². The SMILES string of the molecule is COC1CN(C(=O)c2ncccc2C(=O)O)CC1OC. The Labute approximate surface area is 116 Å². The Morgan fingerprint density at radius 1 is 1.30 bits per heavy atom. The first-order valence-corrected chi connectivity index (χ1v) is 6.11. The molecule has 0 spiro atoms. The molecule has 0 aromatic carbocycles. The highest BCUT2D eigenvalue weighted by molar-refractivity contribution is 6.03. The van der Waals surface area contributed by atoms with Crippen LogP contribution in [0.1, 0.15) is 20.8 Å². The highest BCUT2D eigenvalue weighted by atomic mass is 16.5. The van der Waals surface area contributed by atoms with Crippen LogP contribution in [0.15, 0.2) is 18.3 Å². The molecule has 1 saturated heterocycles. The molecule has 7 nitrogen and oxygen atoms in total. The minimum atomic E-state index is -1.17. The maximum absolute atomic E-state index is 12.4. The zero-order valence-corrected chi connectivity index (χ0v) is 11.3. The first kappa shape index (κ1) is 14.4. The smallest absolute Gasteiger partial charge is 0.338 e. The van der Waals surface area contributed by atoms with Crippen LogP contribution in [0.5, 0.6) is 0 Å². The van der Waals surface area contributed by atoms with Gasteiger partial charge in [0.15, 0.2) is 0 Å². The second-order valence-electron chi connectivity index (χ2n) is 4.46. The van der Waals surface area contributed by atoms with E-state index in [2.05, 4.69) is 4.98 Å². The fourth-order valence-corrected chi connectivity index (χ4v) is 2.26. The van der Waals surface area contributed by atoms with Crippen molar-refractivity contribution in [2.75, 3.05) is 27.3 Å². The number of carboxylic acids is 1. The average Bonchev–Trinajstić information content (AvgIpc) is 2.89. The van der Waals surface area contributed by atoms with Gasteiger partial charge >= 0.3 is 5.97 Å². The maximum atomic E-state index is 12.4. The number of ether oxygens (including phenoxy) is 2. The largest absolute Gasteiger partial charge is 0.478 e. The number of aromatic nitrogens is 1. The highest BCUT2D eigenvalue weighted by Gasteiger charge is 2.37. The van der Waals surface area contributed by atoms with E-state index in [0.29, 0.717) is 13.1 Å². The first-order chi connectivity index (χ1) is 9.58. The molecule has 0 saturated carbocycles. The standard InChI is InChI=1S/C13H16N2O5/c1-19-9-6-15(7-10(9)20-2)12(16)11-8(13(17)18)4-3-5-14-11/h3-5,9-10H,6-7H2,1-2H3,(H,17,18). The van der Waals surface area contributed by atoms with Crippen molar-refractivity contribution in [2.45, 2.75) is 12.2 Å². The number of aromatic carboxylic acids is 1. The number of carbonyl (C=O) groups is 2. The Balaban J connectivity index is 2.23. The Morgan fingerprint density at radius 3 is 2.40 bits per heavy atom. The molecule has 2 unspecified atom stereocenters. The summed E-state index contributed by atoms with van der Waals surface area (Å²) in [5.41, 5.74) is -0.168. The first-order valence-electron chi connectivity index (χ1n) is 6.11. The Morgan fingerprint density at radius 2 is 1.90 bits per heavy atom. The summed E-state index contributed by atoms with van der Waals surface area (Å²) in [6.07, 6.45) is 0.957. The van der Waals surface area contributed by atoms with E-state index in [1.807, 2.05) is 0 Å². The molecule has 1 aliphatic heterocycles. The number of likely N-dealkylation sites (tertiary alicyclic amines) is 1. The van der Waals surface area contributed by atoms with Crippen LogP contribution in [0.25, 0.3) is 0 Å². The van der Waals surface area contributed by atoms with Gasteiger partial charge in [0.2, 0.25) is 0 Å². The van der Waals surface area contributed by atoms with Gasteiger partial charge in [-0.15, -0.1) is 0 Å². The van der Waals surface area contributed by atoms with Crippen molar-refractivity contribution in [1.82, 2.24) is 9.88 Å². The number of rotatable bonds is 4. The van der Waals surface area contributed by atoms with E-state index in [-0.39, 0.29) is 23.5 Å². The molecule has 20 heavy (non-hydrogen) atoms. The summed E-state index contributed by atoms with van der Waals surface area (Å²) >= 11 is 0. The Kier molecular flexibility index (Phi) is 4.31. The fraction of sp³-hybridized carbons (Fsp3) is 0.462. The average molecular weight is 280 g/mol. The summed E-state index contributed by atoms with van der Waals surface area (Å²) in [6.45, 7) is 0.701. The molecule has 0 radical (unpaired) electrons. The fourth-order valence-electron chi connectivity index (χ4n) is 2.26. The molecule has 1 N–H and O–H groups in total. The van der Waals surface area contributed by atoms with Gasteiger partial charge < -0.3 is 19.5 Å². The summed E-state index contributed by atoms with van der Waals surface area (Å²) < 4.78 is 10.5. The molecule has 1 aliphatic rings. The molecule has 0 bridgehead atoms. The van der Waals surface area contributed by atoms with Gasteiger partial charge in [0.1, 0.15) is 17.9 Å². The third kappa shape index (κ3) is 2.63. The van der Waals surface area contributed by atoms with E-state index >= 15 is 0 Å². The van der Waals surface area contributed by atoms with Gasteiger partial charge in [-0.05, 0) is 12.1 Å². The molecular weight excluding hydrogens is 264 g/mol. The van der Waals surface area contributed by atoms with Crippen LogP contribution < -0.4 is 0 Å². The minimum absolute atomic E-state index is 0.0633. The van der Waals surface area contributed by atoms with Crippen LogP contribution in [0.4, 0.5) is 0 Å². The second kappa shape index (κ2) is 5.98. The predicted molar refractivity (Wildman–Crippen MR) is 68.7 cm³/mol. The summed E-state index contributed by atoms with van der Waals surface area (Å²) in [5, 5.41) is 9.09. The van der Waals surface area contributed by atoms with E-state index < -0.39 is 11.9 Å². The molecule has 2 rings (SSSR count). The van der Waals surface area contributed by atoms with E-state index in [0.717, 1.165) is 0 Å². The third-order valence-electron chi connectivity index (χ3n) is 3.35. The number of carbonyl (C=O) groups excluding carboxylic acids is 1. The molecule has 1 aromatic rings. The molecule has 108 valence electrons. The number of hydrogen-bond donors (Lipinski definition) is 1. The minimum Gasteiger partial charge on any atom is -0.478 e. The topological polar surface area (TPSA) is 89.0 Å². The van der Waals surface area contributed by atoms with Crippen LogP contribution >= 0.6 is 0 Å². The number of nitrogens with zero attached hydrogens (tertiary/aromatic N) is 2. The monoisotopic (exact) mass is 280 g/mol. The van der Waals surface area contributed by atoms with Crippen LogP contribution in [0, 0.1) is 0 Å². The summed E-state index contributed by atoms with van der Waals surface area (Å²) in [4.78, 5) is 28.9. The van der Waals surface area contributed by atoms with Crippen molar-refractivity contribution in [3.8, 4) is 0 Å². The van der Waals surface area contributed by atoms with Gasteiger partial charge in [-0.25, -0.2) is 4.79 Å². The van der Waals surface area contributed by atoms with Gasteiger partial charge in [-0.3, -0.25) is 9.78 Å². The lowest BCUT2D eigenvalue weighted by Crippen LogP contribution is -2.32. The lowest BCUT2D eigenvalue weighted by molar-refractivity contribution is -0.00461. The van der Waals surface area contributed by atoms with Crippen molar-refractivity contribution in [3.63, 3.8) is 0 Å². The quantitative estimate of drug-likeness (QED) is 0.851. The highest BCUT2D eigenvalue weighted by Crippen LogP contribution is 2.19. The normalized spacial score (nSPS) is 22.0. The van der Waals surface area contributed by atoms with Gasteiger partial charge in [-0.1, -0.05) is 0 Å². The maximum Gasteiger partial charge on any atom is 0.338 e. The van der Waals surface area contributed by atoms with Crippen LogP contribution in [0.3, 0.4) is 0 Å². The molecule has 1 fully saturated rings. The molecular formula is C13H16N2O5. The van der Waals surface area contributed by atoms with Gasteiger partial charge in [0, 0.05) is 33.5 Å². The van der Waals surface area contributed by atoms with Gasteiger partial charge in [0.05, 0.1) is 5.56 Å². The van der Waals surface area contributed by atoms with Gasteiger partial charge in [0.25, 0.3) is 5.91 Å². The van der Waals surface area contributed by atoms with Gasteiger partial charge in [-0.2, -0.15) is 0 Å². The molecule has 1 amide bonds. The Hall–Kier alpha value is -1.99. The van der Waals surface area contributed by atoms with E-state index in [1.54, 1.807) is 14.2 Å².